The minimum Gasteiger partial charge on any atom is -0.383 e. The maximum Gasteiger partial charge on any atom is 0.418 e. The van der Waals surface area contributed by atoms with Crippen molar-refractivity contribution in [3.05, 3.63) is 60.4 Å². The molecule has 3 aromatic heterocycles. The van der Waals surface area contributed by atoms with E-state index in [1.54, 1.807) is 57.4 Å². The molecule has 0 aliphatic heterocycles. The van der Waals surface area contributed by atoms with Gasteiger partial charge < -0.3 is 11.1 Å². The predicted octanol–water partition coefficient (Wildman–Crippen LogP) is 5.04. The smallest absolute Gasteiger partial charge is 0.383 e. The van der Waals surface area contributed by atoms with Gasteiger partial charge in [-0.3, -0.25) is 4.79 Å². The number of hydrogen-bond donors (Lipinski definition) is 2. The van der Waals surface area contributed by atoms with Crippen LogP contribution in [0.15, 0.2) is 54.9 Å². The molecule has 7 nitrogen and oxygen atoms in total. The Hall–Kier alpha value is -3.95. The van der Waals surface area contributed by atoms with Gasteiger partial charge in [-0.2, -0.15) is 18.3 Å². The van der Waals surface area contributed by atoms with E-state index >= 15 is 0 Å². The molecule has 3 heterocycles. The van der Waals surface area contributed by atoms with Crippen LogP contribution < -0.4 is 11.1 Å². The highest BCUT2D eigenvalue weighted by atomic mass is 19.4. The first-order valence-corrected chi connectivity index (χ1v) is 10.0. The summed E-state index contributed by atoms with van der Waals surface area (Å²) in [5.74, 6) is -0.202. The summed E-state index contributed by atoms with van der Waals surface area (Å²) < 4.78 is 42.1. The lowest BCUT2D eigenvalue weighted by Gasteiger charge is -2.20. The molecule has 0 spiro atoms. The van der Waals surface area contributed by atoms with Crippen LogP contribution in [0, 0.1) is 5.41 Å². The van der Waals surface area contributed by atoms with Crippen LogP contribution in [0.5, 0.6) is 0 Å². The van der Waals surface area contributed by atoms with Crippen molar-refractivity contribution in [3.63, 3.8) is 0 Å². The number of nitrogens with two attached hydrogens (primary N) is 1. The molecule has 1 aromatic carbocycles. The molecule has 0 radical (unpaired) electrons. The first-order valence-electron chi connectivity index (χ1n) is 10.0. The third-order valence-electron chi connectivity index (χ3n) is 4.98. The Kier molecular flexibility index (Phi) is 5.31. The van der Waals surface area contributed by atoms with Crippen LogP contribution in [-0.2, 0) is 11.0 Å². The van der Waals surface area contributed by atoms with E-state index < -0.39 is 23.1 Å². The SMILES string of the molecule is CC(C)(C)C(=O)Nc1cc(-c2cn3nc(-c4cccnc4N)ccc3n2)ccc1C(F)(F)F. The third kappa shape index (κ3) is 4.50. The van der Waals surface area contributed by atoms with E-state index in [1.165, 1.54) is 16.6 Å². The molecule has 1 amide bonds. The number of fused-ring (bicyclic) bond motifs is 1. The molecule has 0 saturated heterocycles. The number of aromatic nitrogens is 4. The number of benzene rings is 1. The van der Waals surface area contributed by atoms with Crippen molar-refractivity contribution in [3.8, 4) is 22.5 Å². The zero-order chi connectivity index (χ0) is 24.0. The molecule has 10 heteroatoms. The van der Waals surface area contributed by atoms with Gasteiger partial charge in [0.15, 0.2) is 5.65 Å². The summed E-state index contributed by atoms with van der Waals surface area (Å²) in [5, 5.41) is 6.90. The highest BCUT2D eigenvalue weighted by Crippen LogP contribution is 2.38. The van der Waals surface area contributed by atoms with Crippen molar-refractivity contribution in [2.75, 3.05) is 11.1 Å². The minimum absolute atomic E-state index is 0.325. The molecule has 4 rings (SSSR count). The molecule has 0 atom stereocenters. The van der Waals surface area contributed by atoms with Gasteiger partial charge in [-0.05, 0) is 36.4 Å². The molecule has 0 saturated carbocycles. The number of carbonyl (C=O) groups is 1. The van der Waals surface area contributed by atoms with Gasteiger partial charge in [0, 0.05) is 22.7 Å². The van der Waals surface area contributed by atoms with E-state index in [1.807, 2.05) is 0 Å². The zero-order valence-electron chi connectivity index (χ0n) is 18.1. The second-order valence-corrected chi connectivity index (χ2v) is 8.55. The van der Waals surface area contributed by atoms with Crippen molar-refractivity contribution >= 4 is 23.1 Å². The predicted molar refractivity (Wildman–Crippen MR) is 119 cm³/mol. The summed E-state index contributed by atoms with van der Waals surface area (Å²) in [5.41, 5.74) is 6.33. The summed E-state index contributed by atoms with van der Waals surface area (Å²) in [6.45, 7) is 4.87. The lowest BCUT2D eigenvalue weighted by molar-refractivity contribution is -0.137. The van der Waals surface area contributed by atoms with Gasteiger partial charge in [-0.25, -0.2) is 14.5 Å². The van der Waals surface area contributed by atoms with Crippen LogP contribution in [-0.4, -0.2) is 25.5 Å². The van der Waals surface area contributed by atoms with Crippen molar-refractivity contribution in [2.45, 2.75) is 26.9 Å². The lowest BCUT2D eigenvalue weighted by atomic mass is 9.95. The molecule has 0 unspecified atom stereocenters. The van der Waals surface area contributed by atoms with Crippen molar-refractivity contribution in [1.82, 2.24) is 19.6 Å². The number of halogens is 3. The molecule has 3 N–H and O–H groups in total. The largest absolute Gasteiger partial charge is 0.418 e. The van der Waals surface area contributed by atoms with E-state index in [-0.39, 0.29) is 5.69 Å². The molecule has 0 fully saturated rings. The average Bonchev–Trinajstić information content (AvgIpc) is 3.16. The Morgan fingerprint density at radius 1 is 1.06 bits per heavy atom. The number of alkyl halides is 3. The van der Waals surface area contributed by atoms with E-state index in [0.717, 1.165) is 6.07 Å². The second-order valence-electron chi connectivity index (χ2n) is 8.55. The Bertz CT molecular complexity index is 1350. The number of amides is 1. The molecule has 170 valence electrons. The number of imidazole rings is 1. The summed E-state index contributed by atoms with van der Waals surface area (Å²) in [6, 6.07) is 10.5. The number of nitrogens with zero attached hydrogens (tertiary/aromatic N) is 4. The highest BCUT2D eigenvalue weighted by molar-refractivity contribution is 5.96. The van der Waals surface area contributed by atoms with Crippen molar-refractivity contribution in [2.24, 2.45) is 5.41 Å². The van der Waals surface area contributed by atoms with E-state index in [9.17, 15) is 18.0 Å². The number of carbonyl (C=O) groups excluding carboxylic acids is 1. The first-order chi connectivity index (χ1) is 15.4. The van der Waals surface area contributed by atoms with Gasteiger partial charge in [-0.15, -0.1) is 0 Å². The average molecular weight is 454 g/mol. The number of pyridine rings is 1. The fourth-order valence-corrected chi connectivity index (χ4v) is 3.16. The standard InChI is InChI=1S/C23H21F3N6O/c1-22(2,3)21(33)30-17-11-13(6-7-15(17)23(24,25)26)18-12-32-19(29-18)9-8-16(31-32)14-5-4-10-28-20(14)27/h4-12H,1-3H3,(H2,27,28)(H,30,33). The molecule has 0 aliphatic rings. The zero-order valence-corrected chi connectivity index (χ0v) is 18.1. The molecule has 0 aliphatic carbocycles. The van der Waals surface area contributed by atoms with Gasteiger partial charge in [-0.1, -0.05) is 26.8 Å². The molecule has 33 heavy (non-hydrogen) atoms. The van der Waals surface area contributed by atoms with E-state index in [0.29, 0.717) is 34.0 Å². The van der Waals surface area contributed by atoms with Crippen LogP contribution in [0.1, 0.15) is 26.3 Å². The quantitative estimate of drug-likeness (QED) is 0.452. The Balaban J connectivity index is 1.76. The van der Waals surface area contributed by atoms with Crippen LogP contribution in [0.3, 0.4) is 0 Å². The maximum atomic E-state index is 13.5. The van der Waals surface area contributed by atoms with Gasteiger partial charge in [0.2, 0.25) is 5.91 Å². The van der Waals surface area contributed by atoms with Crippen LogP contribution in [0.25, 0.3) is 28.2 Å². The monoisotopic (exact) mass is 454 g/mol. The number of hydrogen-bond acceptors (Lipinski definition) is 5. The first kappa shape index (κ1) is 22.3. The summed E-state index contributed by atoms with van der Waals surface area (Å²) >= 11 is 0. The van der Waals surface area contributed by atoms with Gasteiger partial charge in [0.1, 0.15) is 5.82 Å². The number of nitrogens with one attached hydrogen (secondary N) is 1. The summed E-state index contributed by atoms with van der Waals surface area (Å²) in [7, 11) is 0. The van der Waals surface area contributed by atoms with Gasteiger partial charge in [0.25, 0.3) is 0 Å². The Morgan fingerprint density at radius 2 is 1.82 bits per heavy atom. The molecular formula is C23H21F3N6O. The fraction of sp³-hybridized carbons (Fsp3) is 0.217. The topological polar surface area (TPSA) is 98.2 Å². The lowest BCUT2D eigenvalue weighted by Crippen LogP contribution is -2.28. The fourth-order valence-electron chi connectivity index (χ4n) is 3.16. The van der Waals surface area contributed by atoms with Gasteiger partial charge >= 0.3 is 6.18 Å². The minimum atomic E-state index is -4.63. The van der Waals surface area contributed by atoms with Crippen LogP contribution in [0.2, 0.25) is 0 Å². The Morgan fingerprint density at radius 3 is 2.48 bits per heavy atom. The molecule has 4 aromatic rings. The second kappa shape index (κ2) is 7.88. The van der Waals surface area contributed by atoms with Crippen LogP contribution >= 0.6 is 0 Å². The number of nitrogen functional groups attached to an aromatic ring is 1. The normalized spacial score (nSPS) is 12.2. The Labute approximate surface area is 187 Å². The van der Waals surface area contributed by atoms with Crippen molar-refractivity contribution in [1.29, 1.82) is 0 Å². The maximum absolute atomic E-state index is 13.5. The number of rotatable bonds is 3. The third-order valence-corrected chi connectivity index (χ3v) is 4.98. The summed E-state index contributed by atoms with van der Waals surface area (Å²) in [4.78, 5) is 20.9. The molecule has 0 bridgehead atoms. The van der Waals surface area contributed by atoms with Crippen LogP contribution in [0.4, 0.5) is 24.7 Å². The van der Waals surface area contributed by atoms with E-state index in [4.69, 9.17) is 5.73 Å². The summed E-state index contributed by atoms with van der Waals surface area (Å²) in [6.07, 6.45) is -1.45. The number of anilines is 2. The van der Waals surface area contributed by atoms with Crippen molar-refractivity contribution < 1.29 is 18.0 Å². The van der Waals surface area contributed by atoms with E-state index in [2.05, 4.69) is 20.4 Å². The highest BCUT2D eigenvalue weighted by Gasteiger charge is 2.35. The van der Waals surface area contributed by atoms with Gasteiger partial charge in [0.05, 0.1) is 28.8 Å². The molecular weight excluding hydrogens is 433 g/mol.